The van der Waals surface area contributed by atoms with Gasteiger partial charge >= 0.3 is 0 Å². The van der Waals surface area contributed by atoms with E-state index in [0.717, 1.165) is 33.9 Å². The van der Waals surface area contributed by atoms with E-state index >= 15 is 0 Å². The number of hydrogen-bond acceptors (Lipinski definition) is 3. The van der Waals surface area contributed by atoms with Crippen molar-refractivity contribution in [2.45, 2.75) is 5.41 Å². The zero-order valence-corrected chi connectivity index (χ0v) is 27.9. The van der Waals surface area contributed by atoms with Gasteiger partial charge in [0.1, 0.15) is 0 Å². The Morgan fingerprint density at radius 2 is 1.00 bits per heavy atom. The summed E-state index contributed by atoms with van der Waals surface area (Å²) in [5.74, 6) is 0.718. The summed E-state index contributed by atoms with van der Waals surface area (Å²) < 4.78 is 2.56. The summed E-state index contributed by atoms with van der Waals surface area (Å²) >= 11 is 1.83. The average molecular weight is 655 g/mol. The summed E-state index contributed by atoms with van der Waals surface area (Å²) in [4.78, 5) is 10.5. The van der Waals surface area contributed by atoms with Gasteiger partial charge < -0.3 is 0 Å². The van der Waals surface area contributed by atoms with Crippen molar-refractivity contribution in [1.29, 1.82) is 0 Å². The minimum atomic E-state index is -0.477. The van der Waals surface area contributed by atoms with E-state index in [9.17, 15) is 0 Å². The number of thiophene rings is 1. The highest BCUT2D eigenvalue weighted by Gasteiger charge is 2.46. The van der Waals surface area contributed by atoms with Gasteiger partial charge in [0.05, 0.1) is 16.8 Å². The molecule has 0 aliphatic heterocycles. The molecule has 0 saturated carbocycles. The number of rotatable bonds is 5. The third-order valence-corrected chi connectivity index (χ3v) is 11.3. The van der Waals surface area contributed by atoms with Gasteiger partial charge in [0.2, 0.25) is 0 Å². The molecule has 1 aliphatic carbocycles. The van der Waals surface area contributed by atoms with Crippen molar-refractivity contribution in [2.75, 3.05) is 0 Å². The van der Waals surface area contributed by atoms with Gasteiger partial charge in [0.15, 0.2) is 5.82 Å². The van der Waals surface area contributed by atoms with Crippen LogP contribution in [0.3, 0.4) is 0 Å². The van der Waals surface area contributed by atoms with Crippen LogP contribution >= 0.6 is 11.3 Å². The van der Waals surface area contributed by atoms with Crippen molar-refractivity contribution >= 4 is 31.5 Å². The Balaban J connectivity index is 1.25. The van der Waals surface area contributed by atoms with E-state index in [1.165, 1.54) is 53.6 Å². The quantitative estimate of drug-likeness (QED) is 0.185. The van der Waals surface area contributed by atoms with Crippen LogP contribution in [0.4, 0.5) is 0 Å². The van der Waals surface area contributed by atoms with E-state index in [1.807, 2.05) is 17.4 Å². The highest BCUT2D eigenvalue weighted by atomic mass is 32.1. The number of hydrogen-bond donors (Lipinski definition) is 0. The summed E-state index contributed by atoms with van der Waals surface area (Å²) in [5, 5.41) is 2.58. The highest BCUT2D eigenvalue weighted by molar-refractivity contribution is 7.25. The van der Waals surface area contributed by atoms with Crippen molar-refractivity contribution in [3.63, 3.8) is 0 Å². The molecule has 0 unspecified atom stereocenters. The van der Waals surface area contributed by atoms with E-state index < -0.39 is 5.41 Å². The Morgan fingerprint density at radius 1 is 0.400 bits per heavy atom. The minimum Gasteiger partial charge on any atom is -0.228 e. The molecule has 234 valence electrons. The summed E-state index contributed by atoms with van der Waals surface area (Å²) in [5.41, 5.74) is 12.0. The maximum atomic E-state index is 5.33. The normalized spacial score (nSPS) is 13.0. The Morgan fingerprint density at radius 3 is 1.78 bits per heavy atom. The Bertz CT molecular complexity index is 2660. The number of benzene rings is 7. The Kier molecular flexibility index (Phi) is 6.61. The van der Waals surface area contributed by atoms with Gasteiger partial charge in [0.25, 0.3) is 0 Å². The number of fused-ring (bicyclic) bond motifs is 6. The highest BCUT2D eigenvalue weighted by Crippen LogP contribution is 2.58. The predicted octanol–water partition coefficient (Wildman–Crippen LogP) is 12.2. The molecule has 0 amide bonds. The van der Waals surface area contributed by atoms with Crippen LogP contribution in [0.2, 0.25) is 0 Å². The van der Waals surface area contributed by atoms with Crippen LogP contribution in [-0.2, 0) is 5.41 Å². The van der Waals surface area contributed by atoms with Gasteiger partial charge in [-0.3, -0.25) is 0 Å². The maximum absolute atomic E-state index is 5.33. The first-order valence-electron chi connectivity index (χ1n) is 17.0. The van der Waals surface area contributed by atoms with E-state index in [1.54, 1.807) is 0 Å². The molecular formula is C47H30N2S. The van der Waals surface area contributed by atoms with Crippen molar-refractivity contribution in [1.82, 2.24) is 9.97 Å². The second-order valence-electron chi connectivity index (χ2n) is 12.9. The van der Waals surface area contributed by atoms with E-state index in [2.05, 4.69) is 176 Å². The molecule has 0 fully saturated rings. The smallest absolute Gasteiger partial charge is 0.160 e. The standard InChI is InChI=1S/C47H30N2S/c1-4-15-31(16-5-1)46-48-41(32-27-28-36-35-21-11-13-26-43(35)50-44(36)29-32)30-42(49-46)38-23-14-25-40-45(38)37-22-10-12-24-39(37)47(40,33-17-6-2-7-18-33)34-19-8-3-9-20-34/h1-30H. The lowest BCUT2D eigenvalue weighted by atomic mass is 9.67. The summed E-state index contributed by atoms with van der Waals surface area (Å²) in [6, 6.07) is 65.5. The molecule has 7 aromatic carbocycles. The zero-order chi connectivity index (χ0) is 33.1. The van der Waals surface area contributed by atoms with Gasteiger partial charge in [-0.1, -0.05) is 164 Å². The topological polar surface area (TPSA) is 25.8 Å². The molecule has 9 aromatic rings. The number of nitrogens with zero attached hydrogens (tertiary/aromatic N) is 2. The van der Waals surface area contributed by atoms with Crippen LogP contribution in [0.15, 0.2) is 182 Å². The molecule has 0 radical (unpaired) electrons. The van der Waals surface area contributed by atoms with Crippen molar-refractivity contribution < 1.29 is 0 Å². The Labute approximate surface area is 295 Å². The fraction of sp³-hybridized carbons (Fsp3) is 0.0213. The molecular weight excluding hydrogens is 625 g/mol. The molecule has 2 aromatic heterocycles. The molecule has 2 nitrogen and oxygen atoms in total. The van der Waals surface area contributed by atoms with Crippen LogP contribution in [0, 0.1) is 0 Å². The lowest BCUT2D eigenvalue weighted by Crippen LogP contribution is -2.28. The molecule has 0 saturated heterocycles. The van der Waals surface area contributed by atoms with Crippen LogP contribution in [0.5, 0.6) is 0 Å². The first kappa shape index (κ1) is 28.8. The molecule has 0 spiro atoms. The SMILES string of the molecule is c1ccc(-c2nc(-c3ccc4c(c3)sc3ccccc34)cc(-c3cccc4c3-c3ccccc3C4(c3ccccc3)c3ccccc3)n2)cc1. The van der Waals surface area contributed by atoms with Gasteiger partial charge in [0, 0.05) is 36.9 Å². The van der Waals surface area contributed by atoms with E-state index in [-0.39, 0.29) is 0 Å². The van der Waals surface area contributed by atoms with Crippen molar-refractivity contribution in [2.24, 2.45) is 0 Å². The largest absolute Gasteiger partial charge is 0.228 e. The lowest BCUT2D eigenvalue weighted by molar-refractivity contribution is 0.768. The summed E-state index contributed by atoms with van der Waals surface area (Å²) in [6.45, 7) is 0. The third kappa shape index (κ3) is 4.34. The van der Waals surface area contributed by atoms with Crippen LogP contribution in [-0.4, -0.2) is 9.97 Å². The second kappa shape index (κ2) is 11.5. The fourth-order valence-electron chi connectivity index (χ4n) is 8.04. The van der Waals surface area contributed by atoms with Crippen LogP contribution in [0.1, 0.15) is 22.3 Å². The molecule has 0 N–H and O–H groups in total. The molecule has 10 rings (SSSR count). The molecule has 2 heterocycles. The van der Waals surface area contributed by atoms with Crippen molar-refractivity contribution in [3.8, 4) is 45.0 Å². The van der Waals surface area contributed by atoms with Gasteiger partial charge in [-0.25, -0.2) is 9.97 Å². The predicted molar refractivity (Wildman–Crippen MR) is 209 cm³/mol. The lowest BCUT2D eigenvalue weighted by Gasteiger charge is -2.33. The number of aromatic nitrogens is 2. The monoisotopic (exact) mass is 654 g/mol. The molecule has 0 atom stereocenters. The third-order valence-electron chi connectivity index (χ3n) is 10.2. The zero-order valence-electron chi connectivity index (χ0n) is 27.1. The van der Waals surface area contributed by atoms with E-state index in [4.69, 9.17) is 9.97 Å². The summed E-state index contributed by atoms with van der Waals surface area (Å²) in [6.07, 6.45) is 0. The first-order valence-corrected chi connectivity index (χ1v) is 17.8. The second-order valence-corrected chi connectivity index (χ2v) is 14.0. The Hall–Kier alpha value is -6.16. The van der Waals surface area contributed by atoms with Crippen LogP contribution < -0.4 is 0 Å². The first-order chi connectivity index (χ1) is 24.8. The average Bonchev–Trinajstić information content (AvgIpc) is 3.72. The molecule has 50 heavy (non-hydrogen) atoms. The van der Waals surface area contributed by atoms with E-state index in [0.29, 0.717) is 0 Å². The molecule has 3 heteroatoms. The van der Waals surface area contributed by atoms with Crippen LogP contribution in [0.25, 0.3) is 65.2 Å². The van der Waals surface area contributed by atoms with Gasteiger partial charge in [-0.05, 0) is 51.6 Å². The van der Waals surface area contributed by atoms with Gasteiger partial charge in [-0.2, -0.15) is 0 Å². The molecule has 0 bridgehead atoms. The van der Waals surface area contributed by atoms with Crippen molar-refractivity contribution in [3.05, 3.63) is 204 Å². The fourth-order valence-corrected chi connectivity index (χ4v) is 9.19. The summed E-state index contributed by atoms with van der Waals surface area (Å²) in [7, 11) is 0. The minimum absolute atomic E-state index is 0.477. The molecule has 1 aliphatic rings. The maximum Gasteiger partial charge on any atom is 0.160 e. The van der Waals surface area contributed by atoms with Gasteiger partial charge in [-0.15, -0.1) is 11.3 Å².